The molecule has 2 rings (SSSR count). The number of furan rings is 1. The van der Waals surface area contributed by atoms with Gasteiger partial charge in [-0.15, -0.1) is 0 Å². The lowest BCUT2D eigenvalue weighted by Crippen LogP contribution is -2.08. The molecule has 2 aromatic heterocycles. The number of aromatic carboxylic acids is 1. The van der Waals surface area contributed by atoms with Crippen molar-refractivity contribution < 1.29 is 27.5 Å². The fourth-order valence-corrected chi connectivity index (χ4v) is 1.44. The van der Waals surface area contributed by atoms with E-state index in [1.807, 2.05) is 0 Å². The van der Waals surface area contributed by atoms with Crippen molar-refractivity contribution in [2.24, 2.45) is 0 Å². The lowest BCUT2D eigenvalue weighted by molar-refractivity contribution is -0.141. The van der Waals surface area contributed by atoms with E-state index in [0.29, 0.717) is 11.4 Å². The number of carboxylic acid groups (broad SMARTS) is 1. The number of rotatable bonds is 4. The summed E-state index contributed by atoms with van der Waals surface area (Å²) in [7, 11) is 0. The molecule has 0 amide bonds. The molecule has 5 nitrogen and oxygen atoms in total. The van der Waals surface area contributed by atoms with Crippen molar-refractivity contribution in [1.82, 2.24) is 4.98 Å². The van der Waals surface area contributed by atoms with E-state index in [1.54, 1.807) is 0 Å². The van der Waals surface area contributed by atoms with E-state index >= 15 is 0 Å². The number of anilines is 1. The van der Waals surface area contributed by atoms with Gasteiger partial charge in [0.05, 0.1) is 24.0 Å². The third kappa shape index (κ3) is 3.28. The van der Waals surface area contributed by atoms with Crippen LogP contribution < -0.4 is 5.32 Å². The Hall–Kier alpha value is -2.51. The van der Waals surface area contributed by atoms with Crippen LogP contribution in [0.3, 0.4) is 0 Å². The molecule has 0 bridgehead atoms. The molecule has 0 saturated heterocycles. The quantitative estimate of drug-likeness (QED) is 0.903. The lowest BCUT2D eigenvalue weighted by atomic mass is 10.3. The van der Waals surface area contributed by atoms with Gasteiger partial charge in [-0.2, -0.15) is 13.2 Å². The molecule has 0 aliphatic carbocycles. The van der Waals surface area contributed by atoms with Crippen LogP contribution in [0.2, 0.25) is 0 Å². The van der Waals surface area contributed by atoms with Gasteiger partial charge in [-0.05, 0) is 18.2 Å². The molecule has 2 aromatic rings. The van der Waals surface area contributed by atoms with Crippen molar-refractivity contribution in [2.75, 3.05) is 5.32 Å². The maximum atomic E-state index is 12.3. The molecule has 0 fully saturated rings. The summed E-state index contributed by atoms with van der Waals surface area (Å²) in [5, 5.41) is 11.5. The first-order valence-corrected chi connectivity index (χ1v) is 5.44. The zero-order chi connectivity index (χ0) is 14.8. The number of halogens is 3. The molecule has 0 aliphatic heterocycles. The molecule has 0 spiro atoms. The number of carboxylic acids is 1. The van der Waals surface area contributed by atoms with Crippen LogP contribution in [0.15, 0.2) is 35.1 Å². The standard InChI is InChI=1S/C12H9F3N2O3/c13-12(14,15)10-2-1-8(4-17-10)16-5-9-3-7(6-20-9)11(18)19/h1-4,6,16H,5H2,(H,18,19). The second kappa shape index (κ2) is 5.24. The summed E-state index contributed by atoms with van der Waals surface area (Å²) in [4.78, 5) is 13.9. The van der Waals surface area contributed by atoms with Crippen molar-refractivity contribution in [3.8, 4) is 0 Å². The molecule has 8 heteroatoms. The van der Waals surface area contributed by atoms with Gasteiger partial charge >= 0.3 is 12.1 Å². The summed E-state index contributed by atoms with van der Waals surface area (Å²) >= 11 is 0. The molecular weight excluding hydrogens is 277 g/mol. The highest BCUT2D eigenvalue weighted by Crippen LogP contribution is 2.27. The van der Waals surface area contributed by atoms with E-state index in [0.717, 1.165) is 18.5 Å². The van der Waals surface area contributed by atoms with Crippen molar-refractivity contribution in [3.63, 3.8) is 0 Å². The average molecular weight is 286 g/mol. The van der Waals surface area contributed by atoms with E-state index < -0.39 is 17.8 Å². The smallest absolute Gasteiger partial charge is 0.433 e. The van der Waals surface area contributed by atoms with Crippen LogP contribution in [-0.4, -0.2) is 16.1 Å². The number of hydrogen-bond donors (Lipinski definition) is 2. The van der Waals surface area contributed by atoms with Gasteiger partial charge < -0.3 is 14.8 Å². The highest BCUT2D eigenvalue weighted by molar-refractivity contribution is 5.87. The van der Waals surface area contributed by atoms with Gasteiger partial charge in [0.2, 0.25) is 0 Å². The van der Waals surface area contributed by atoms with Gasteiger partial charge in [-0.1, -0.05) is 0 Å². The van der Waals surface area contributed by atoms with Crippen molar-refractivity contribution in [2.45, 2.75) is 12.7 Å². The van der Waals surface area contributed by atoms with E-state index in [1.165, 1.54) is 12.1 Å². The number of nitrogens with one attached hydrogen (secondary N) is 1. The third-order valence-electron chi connectivity index (χ3n) is 2.42. The minimum atomic E-state index is -4.48. The van der Waals surface area contributed by atoms with Gasteiger partial charge in [-0.3, -0.25) is 0 Å². The number of nitrogens with zero attached hydrogens (tertiary/aromatic N) is 1. The van der Waals surface area contributed by atoms with Gasteiger partial charge in [0, 0.05) is 0 Å². The molecule has 0 aromatic carbocycles. The molecule has 106 valence electrons. The summed E-state index contributed by atoms with van der Waals surface area (Å²) in [6.45, 7) is 0.139. The highest BCUT2D eigenvalue weighted by Gasteiger charge is 2.31. The average Bonchev–Trinajstić information content (AvgIpc) is 2.85. The molecule has 0 unspecified atom stereocenters. The molecule has 0 atom stereocenters. The van der Waals surface area contributed by atoms with Crippen LogP contribution in [0.5, 0.6) is 0 Å². The molecular formula is C12H9F3N2O3. The Morgan fingerprint density at radius 1 is 1.40 bits per heavy atom. The van der Waals surface area contributed by atoms with Gasteiger partial charge in [0.15, 0.2) is 0 Å². The Kier molecular flexibility index (Phi) is 3.64. The van der Waals surface area contributed by atoms with Crippen LogP contribution in [0.1, 0.15) is 21.8 Å². The van der Waals surface area contributed by atoms with Crippen molar-refractivity contribution in [1.29, 1.82) is 0 Å². The van der Waals surface area contributed by atoms with E-state index in [9.17, 15) is 18.0 Å². The number of alkyl halides is 3. The Morgan fingerprint density at radius 2 is 2.15 bits per heavy atom. The van der Waals surface area contributed by atoms with Gasteiger partial charge in [-0.25, -0.2) is 9.78 Å². The second-order valence-corrected chi connectivity index (χ2v) is 3.89. The minimum absolute atomic E-state index is 0.00680. The van der Waals surface area contributed by atoms with E-state index in [-0.39, 0.29) is 12.1 Å². The summed E-state index contributed by atoms with van der Waals surface area (Å²) in [6, 6.07) is 3.41. The summed E-state index contributed by atoms with van der Waals surface area (Å²) in [6.07, 6.45) is -2.34. The summed E-state index contributed by atoms with van der Waals surface area (Å²) in [5.41, 5.74) is -0.604. The predicted molar refractivity (Wildman–Crippen MR) is 62.2 cm³/mol. The van der Waals surface area contributed by atoms with Crippen LogP contribution in [-0.2, 0) is 12.7 Å². The first kappa shape index (κ1) is 13.9. The van der Waals surface area contributed by atoms with Gasteiger partial charge in [0.1, 0.15) is 17.7 Å². The van der Waals surface area contributed by atoms with Gasteiger partial charge in [0.25, 0.3) is 0 Å². The molecule has 2 N–H and O–H groups in total. The van der Waals surface area contributed by atoms with Crippen LogP contribution in [0.25, 0.3) is 0 Å². The highest BCUT2D eigenvalue weighted by atomic mass is 19.4. The van der Waals surface area contributed by atoms with E-state index in [4.69, 9.17) is 9.52 Å². The van der Waals surface area contributed by atoms with Crippen LogP contribution in [0.4, 0.5) is 18.9 Å². The molecule has 0 saturated carbocycles. The summed E-state index contributed by atoms with van der Waals surface area (Å²) < 4.78 is 41.9. The maximum Gasteiger partial charge on any atom is 0.433 e. The second-order valence-electron chi connectivity index (χ2n) is 3.89. The first-order chi connectivity index (χ1) is 9.36. The fraction of sp³-hybridized carbons (Fsp3) is 0.167. The SMILES string of the molecule is O=C(O)c1coc(CNc2ccc(C(F)(F)F)nc2)c1. The summed E-state index contributed by atoms with van der Waals surface area (Å²) in [5.74, 6) is -0.765. The fourth-order valence-electron chi connectivity index (χ4n) is 1.44. The Morgan fingerprint density at radius 3 is 2.65 bits per heavy atom. The lowest BCUT2D eigenvalue weighted by Gasteiger charge is -2.07. The normalized spacial score (nSPS) is 11.3. The first-order valence-electron chi connectivity index (χ1n) is 5.44. The Balaban J connectivity index is 1.98. The molecule has 0 radical (unpaired) electrons. The van der Waals surface area contributed by atoms with Crippen molar-refractivity contribution in [3.05, 3.63) is 47.7 Å². The number of aromatic nitrogens is 1. The van der Waals surface area contributed by atoms with Crippen LogP contribution in [0, 0.1) is 0 Å². The molecule has 20 heavy (non-hydrogen) atoms. The third-order valence-corrected chi connectivity index (χ3v) is 2.42. The minimum Gasteiger partial charge on any atom is -0.478 e. The predicted octanol–water partition coefficient (Wildman–Crippen LogP) is 3.00. The molecule has 2 heterocycles. The van der Waals surface area contributed by atoms with Crippen molar-refractivity contribution >= 4 is 11.7 Å². The topological polar surface area (TPSA) is 75.4 Å². The zero-order valence-electron chi connectivity index (χ0n) is 9.94. The van der Waals surface area contributed by atoms with Crippen LogP contribution >= 0.6 is 0 Å². The zero-order valence-corrected chi connectivity index (χ0v) is 9.94. The largest absolute Gasteiger partial charge is 0.478 e. The number of hydrogen-bond acceptors (Lipinski definition) is 4. The Bertz CT molecular complexity index is 605. The monoisotopic (exact) mass is 286 g/mol. The molecule has 0 aliphatic rings. The Labute approximate surface area is 111 Å². The van der Waals surface area contributed by atoms with E-state index in [2.05, 4.69) is 10.3 Å². The number of pyridine rings is 1. The number of carbonyl (C=O) groups is 1. The maximum absolute atomic E-state index is 12.3.